The van der Waals surface area contributed by atoms with Crippen LogP contribution < -0.4 is 19.5 Å². The molecule has 1 fully saturated rings. The average Bonchev–Trinajstić information content (AvgIpc) is 3.00. The van der Waals surface area contributed by atoms with Crippen LogP contribution in [0, 0.1) is 0 Å². The molecule has 0 aliphatic carbocycles. The molecule has 1 saturated heterocycles. The Labute approximate surface area is 246 Å². The highest BCUT2D eigenvalue weighted by atomic mass is 19.4. The quantitative estimate of drug-likeness (QED) is 0.209. The SMILES string of the molecule is COc1ccnc(C(=O)NC2CCCC(Oc3ccccc3)C(OCCCC(F)(F)F)C(C)OC2=O)c1OCOC(C)=O. The van der Waals surface area contributed by atoms with E-state index in [2.05, 4.69) is 10.3 Å². The second-order valence-electron chi connectivity index (χ2n) is 9.71. The van der Waals surface area contributed by atoms with Gasteiger partial charge in [0.05, 0.1) is 7.11 Å². The van der Waals surface area contributed by atoms with Gasteiger partial charge in [-0.3, -0.25) is 9.59 Å². The van der Waals surface area contributed by atoms with Crippen molar-refractivity contribution in [1.82, 2.24) is 10.3 Å². The highest BCUT2D eigenvalue weighted by molar-refractivity contribution is 5.98. The number of rotatable bonds is 12. The van der Waals surface area contributed by atoms with E-state index in [9.17, 15) is 27.6 Å². The maximum absolute atomic E-state index is 13.3. The summed E-state index contributed by atoms with van der Waals surface area (Å²) in [7, 11) is 1.35. The van der Waals surface area contributed by atoms with Gasteiger partial charge in [-0.05, 0) is 44.7 Å². The topological polar surface area (TPSA) is 132 Å². The summed E-state index contributed by atoms with van der Waals surface area (Å²) >= 11 is 0. The molecular weight excluding hydrogens is 577 g/mol. The summed E-state index contributed by atoms with van der Waals surface area (Å²) in [6.07, 6.45) is -5.91. The summed E-state index contributed by atoms with van der Waals surface area (Å²) in [5, 5.41) is 2.61. The molecule has 43 heavy (non-hydrogen) atoms. The van der Waals surface area contributed by atoms with Gasteiger partial charge in [0.25, 0.3) is 5.91 Å². The van der Waals surface area contributed by atoms with Gasteiger partial charge in [0.2, 0.25) is 6.79 Å². The number of hydrogen-bond donors (Lipinski definition) is 1. The standard InChI is InChI=1S/C29H35F3N2O9/c1-18-25(39-16-8-14-29(30,31)32)23(43-20-9-5-4-6-10-20)12-7-11-21(28(37)42-18)34-27(36)24-26(41-17-40-19(2)35)22(38-3)13-15-33-24/h4-6,9-10,13,15,18,21,23,25H,7-8,11-12,14,16-17H2,1-3H3,(H,34,36). The van der Waals surface area contributed by atoms with E-state index >= 15 is 0 Å². The molecule has 4 unspecified atom stereocenters. The number of ether oxygens (including phenoxy) is 6. The van der Waals surface area contributed by atoms with Gasteiger partial charge in [0, 0.05) is 32.2 Å². The van der Waals surface area contributed by atoms with E-state index in [1.165, 1.54) is 26.3 Å². The minimum atomic E-state index is -4.33. The summed E-state index contributed by atoms with van der Waals surface area (Å²) in [6.45, 7) is 2.02. The smallest absolute Gasteiger partial charge is 0.389 e. The number of hydrogen-bond acceptors (Lipinski definition) is 10. The average molecular weight is 613 g/mol. The Hall–Kier alpha value is -4.07. The number of alkyl halides is 3. The zero-order valence-corrected chi connectivity index (χ0v) is 24.1. The number of pyridine rings is 1. The predicted molar refractivity (Wildman–Crippen MR) is 145 cm³/mol. The molecule has 1 aliphatic heterocycles. The molecule has 0 bridgehead atoms. The molecule has 0 saturated carbocycles. The summed E-state index contributed by atoms with van der Waals surface area (Å²) < 4.78 is 71.2. The summed E-state index contributed by atoms with van der Waals surface area (Å²) in [5.74, 6) is -1.59. The third kappa shape index (κ3) is 10.6. The fraction of sp³-hybridized carbons (Fsp3) is 0.517. The van der Waals surface area contributed by atoms with Gasteiger partial charge in [-0.2, -0.15) is 13.2 Å². The minimum absolute atomic E-state index is 0.0998. The van der Waals surface area contributed by atoms with Gasteiger partial charge in [-0.25, -0.2) is 9.78 Å². The molecule has 3 rings (SSSR count). The summed E-state index contributed by atoms with van der Waals surface area (Å²) in [5.41, 5.74) is -0.219. The number of carbonyl (C=O) groups is 3. The van der Waals surface area contributed by atoms with Gasteiger partial charge >= 0.3 is 18.1 Å². The van der Waals surface area contributed by atoms with Crippen molar-refractivity contribution in [2.45, 2.75) is 76.5 Å². The normalized spacial score (nSPS) is 20.9. The number of amides is 1. The lowest BCUT2D eigenvalue weighted by molar-refractivity contribution is -0.165. The van der Waals surface area contributed by atoms with E-state index in [1.54, 1.807) is 31.2 Å². The maximum Gasteiger partial charge on any atom is 0.389 e. The van der Waals surface area contributed by atoms with Gasteiger partial charge in [-0.15, -0.1) is 0 Å². The van der Waals surface area contributed by atoms with Crippen LogP contribution >= 0.6 is 0 Å². The lowest BCUT2D eigenvalue weighted by atomic mass is 10.0. The number of methoxy groups -OCH3 is 1. The lowest BCUT2D eigenvalue weighted by Crippen LogP contribution is -2.46. The van der Waals surface area contributed by atoms with Crippen molar-refractivity contribution < 1.29 is 56.0 Å². The van der Waals surface area contributed by atoms with Gasteiger partial charge in [0.1, 0.15) is 30.1 Å². The van der Waals surface area contributed by atoms with E-state index in [4.69, 9.17) is 28.4 Å². The van der Waals surface area contributed by atoms with E-state index in [1.807, 2.05) is 6.07 Å². The van der Waals surface area contributed by atoms with Crippen molar-refractivity contribution >= 4 is 17.8 Å². The van der Waals surface area contributed by atoms with Gasteiger partial charge < -0.3 is 33.7 Å². The van der Waals surface area contributed by atoms with Crippen LogP contribution in [0.1, 0.15) is 56.4 Å². The maximum atomic E-state index is 13.3. The third-order valence-corrected chi connectivity index (χ3v) is 6.42. The van der Waals surface area contributed by atoms with E-state index in [0.29, 0.717) is 18.6 Å². The Kier molecular flexibility index (Phi) is 12.4. The van der Waals surface area contributed by atoms with Crippen molar-refractivity contribution in [2.24, 2.45) is 0 Å². The molecule has 2 aromatic rings. The van der Waals surface area contributed by atoms with Crippen molar-refractivity contribution in [1.29, 1.82) is 0 Å². The molecule has 0 spiro atoms. The second-order valence-corrected chi connectivity index (χ2v) is 9.71. The molecule has 1 aromatic heterocycles. The molecule has 1 N–H and O–H groups in total. The van der Waals surface area contributed by atoms with Crippen LogP contribution in [0.15, 0.2) is 42.6 Å². The first-order chi connectivity index (χ1) is 20.5. The molecule has 14 heteroatoms. The largest absolute Gasteiger partial charge is 0.493 e. The van der Waals surface area contributed by atoms with Crippen molar-refractivity contribution in [2.75, 3.05) is 20.5 Å². The molecule has 11 nitrogen and oxygen atoms in total. The highest BCUT2D eigenvalue weighted by Crippen LogP contribution is 2.30. The molecule has 236 valence electrons. The Bertz CT molecular complexity index is 1210. The third-order valence-electron chi connectivity index (χ3n) is 6.42. The Morgan fingerprint density at radius 1 is 1.14 bits per heavy atom. The number of esters is 2. The lowest BCUT2D eigenvalue weighted by Gasteiger charge is -2.31. The molecule has 0 radical (unpaired) electrons. The second kappa shape index (κ2) is 16.0. The number of benzene rings is 1. The van der Waals surface area contributed by atoms with Crippen LogP contribution in [-0.2, 0) is 23.8 Å². The predicted octanol–water partition coefficient (Wildman–Crippen LogP) is 4.38. The van der Waals surface area contributed by atoms with Gasteiger partial charge in [0.15, 0.2) is 17.2 Å². The number of cyclic esters (lactones) is 1. The molecule has 4 atom stereocenters. The first-order valence-corrected chi connectivity index (χ1v) is 13.7. The van der Waals surface area contributed by atoms with Crippen molar-refractivity contribution in [3.05, 3.63) is 48.3 Å². The first-order valence-electron chi connectivity index (χ1n) is 13.7. The molecule has 2 heterocycles. The molecule has 1 aromatic carbocycles. The Morgan fingerprint density at radius 2 is 1.88 bits per heavy atom. The minimum Gasteiger partial charge on any atom is -0.493 e. The van der Waals surface area contributed by atoms with Crippen LogP contribution in [0.2, 0.25) is 0 Å². The zero-order chi connectivity index (χ0) is 31.4. The summed E-state index contributed by atoms with van der Waals surface area (Å²) in [4.78, 5) is 41.7. The fourth-order valence-corrected chi connectivity index (χ4v) is 4.40. The van der Waals surface area contributed by atoms with Crippen LogP contribution in [0.25, 0.3) is 0 Å². The number of aromatic nitrogens is 1. The Balaban J connectivity index is 1.77. The van der Waals surface area contributed by atoms with Crippen molar-refractivity contribution in [3.8, 4) is 17.2 Å². The van der Waals surface area contributed by atoms with E-state index in [-0.39, 0.29) is 36.6 Å². The van der Waals surface area contributed by atoms with Crippen LogP contribution in [0.5, 0.6) is 17.2 Å². The number of nitrogens with one attached hydrogen (secondary N) is 1. The van der Waals surface area contributed by atoms with E-state index < -0.39 is 61.6 Å². The van der Waals surface area contributed by atoms with Crippen LogP contribution in [0.4, 0.5) is 13.2 Å². The number of halogens is 3. The van der Waals surface area contributed by atoms with Gasteiger partial charge in [-0.1, -0.05) is 18.2 Å². The highest BCUT2D eigenvalue weighted by Gasteiger charge is 2.37. The fourth-order valence-electron chi connectivity index (χ4n) is 4.40. The van der Waals surface area contributed by atoms with Crippen LogP contribution in [0.3, 0.4) is 0 Å². The molecule has 1 aliphatic rings. The van der Waals surface area contributed by atoms with Crippen molar-refractivity contribution in [3.63, 3.8) is 0 Å². The van der Waals surface area contributed by atoms with Crippen LogP contribution in [-0.4, -0.2) is 73.9 Å². The number of para-hydroxylation sites is 1. The first kappa shape index (κ1) is 33.4. The Morgan fingerprint density at radius 3 is 2.56 bits per heavy atom. The number of carbonyl (C=O) groups excluding carboxylic acids is 3. The van der Waals surface area contributed by atoms with E-state index in [0.717, 1.165) is 0 Å². The zero-order valence-electron chi connectivity index (χ0n) is 24.1. The molecule has 1 amide bonds. The molecular formula is C29H35F3N2O9. The monoisotopic (exact) mass is 612 g/mol. The summed E-state index contributed by atoms with van der Waals surface area (Å²) in [6, 6.07) is 9.15. The number of nitrogens with zero attached hydrogens (tertiary/aromatic N) is 1.